The first-order valence-electron chi connectivity index (χ1n) is 4.78. The van der Waals surface area contributed by atoms with Crippen molar-refractivity contribution >= 4 is 10.8 Å². The maximum Gasteiger partial charge on any atom is 0.0550 e. The van der Waals surface area contributed by atoms with Crippen molar-refractivity contribution < 1.29 is 0 Å². The molecule has 14 heavy (non-hydrogen) atoms. The molecule has 0 aliphatic carbocycles. The van der Waals surface area contributed by atoms with Gasteiger partial charge in [0.05, 0.1) is 5.69 Å². The summed E-state index contributed by atoms with van der Waals surface area (Å²) in [6.45, 7) is 6.51. The van der Waals surface area contributed by atoms with Crippen molar-refractivity contribution in [3.05, 3.63) is 36.4 Å². The molecule has 0 fully saturated rings. The van der Waals surface area contributed by atoms with Crippen LogP contribution in [0.2, 0.25) is 0 Å². The van der Waals surface area contributed by atoms with Crippen molar-refractivity contribution in [3.8, 4) is 0 Å². The van der Waals surface area contributed by atoms with E-state index >= 15 is 0 Å². The number of hydrogen-bond donors (Lipinski definition) is 0. The van der Waals surface area contributed by atoms with Crippen LogP contribution in [0.25, 0.3) is 10.8 Å². The van der Waals surface area contributed by atoms with E-state index in [4.69, 9.17) is 0 Å². The lowest BCUT2D eigenvalue weighted by molar-refractivity contribution is 0.575. The van der Waals surface area contributed by atoms with Crippen molar-refractivity contribution in [2.24, 2.45) is 0 Å². The molecule has 0 unspecified atom stereocenters. The molecule has 0 N–H and O–H groups in total. The van der Waals surface area contributed by atoms with Crippen LogP contribution in [0.5, 0.6) is 0 Å². The Morgan fingerprint density at radius 2 is 1.79 bits per heavy atom. The molecule has 0 radical (unpaired) electrons. The standard InChI is InChI=1S/C12H14N2/c1-12(2,3)11-10-8-13-6-4-9(10)5-7-14-11/h4-8H,1-3H3. The van der Waals surface area contributed by atoms with Gasteiger partial charge >= 0.3 is 0 Å². The van der Waals surface area contributed by atoms with Crippen LogP contribution in [0, 0.1) is 0 Å². The molecule has 0 spiro atoms. The summed E-state index contributed by atoms with van der Waals surface area (Å²) >= 11 is 0. The van der Waals surface area contributed by atoms with Gasteiger partial charge in [-0.25, -0.2) is 0 Å². The van der Waals surface area contributed by atoms with Gasteiger partial charge in [-0.15, -0.1) is 0 Å². The number of aromatic nitrogens is 2. The molecular weight excluding hydrogens is 172 g/mol. The molecule has 2 aromatic rings. The smallest absolute Gasteiger partial charge is 0.0550 e. The fourth-order valence-electron chi connectivity index (χ4n) is 1.61. The fourth-order valence-corrected chi connectivity index (χ4v) is 1.61. The average Bonchev–Trinajstić information content (AvgIpc) is 2.15. The zero-order chi connectivity index (χ0) is 10.2. The topological polar surface area (TPSA) is 25.8 Å². The van der Waals surface area contributed by atoms with Gasteiger partial charge in [0.15, 0.2) is 0 Å². The summed E-state index contributed by atoms with van der Waals surface area (Å²) in [5.74, 6) is 0. The molecule has 0 saturated heterocycles. The molecule has 0 amide bonds. The first-order chi connectivity index (χ1) is 6.59. The van der Waals surface area contributed by atoms with Gasteiger partial charge < -0.3 is 0 Å². The van der Waals surface area contributed by atoms with Gasteiger partial charge in [0, 0.05) is 29.4 Å². The van der Waals surface area contributed by atoms with E-state index in [1.807, 2.05) is 30.7 Å². The molecule has 0 aliphatic rings. The van der Waals surface area contributed by atoms with Gasteiger partial charge in [-0.1, -0.05) is 20.8 Å². The quantitative estimate of drug-likeness (QED) is 0.632. The van der Waals surface area contributed by atoms with E-state index in [0.29, 0.717) is 0 Å². The number of rotatable bonds is 0. The second-order valence-corrected chi connectivity index (χ2v) is 4.51. The Hall–Kier alpha value is -1.44. The lowest BCUT2D eigenvalue weighted by Gasteiger charge is -2.19. The normalized spacial score (nSPS) is 11.9. The summed E-state index contributed by atoms with van der Waals surface area (Å²) in [5.41, 5.74) is 1.19. The highest BCUT2D eigenvalue weighted by molar-refractivity contribution is 5.84. The molecule has 0 aromatic carbocycles. The van der Waals surface area contributed by atoms with E-state index in [2.05, 4.69) is 30.7 Å². The van der Waals surface area contributed by atoms with Crippen LogP contribution in [0.4, 0.5) is 0 Å². The van der Waals surface area contributed by atoms with E-state index in [-0.39, 0.29) is 5.41 Å². The van der Waals surface area contributed by atoms with Gasteiger partial charge in [0.25, 0.3) is 0 Å². The molecule has 0 bridgehead atoms. The van der Waals surface area contributed by atoms with Crippen LogP contribution in [-0.2, 0) is 5.41 Å². The largest absolute Gasteiger partial charge is 0.264 e. The molecule has 0 atom stereocenters. The van der Waals surface area contributed by atoms with Crippen LogP contribution < -0.4 is 0 Å². The van der Waals surface area contributed by atoms with Crippen molar-refractivity contribution in [2.45, 2.75) is 26.2 Å². The Balaban J connectivity index is 2.78. The maximum absolute atomic E-state index is 4.44. The molecule has 2 aromatic heterocycles. The van der Waals surface area contributed by atoms with E-state index in [1.54, 1.807) is 0 Å². The van der Waals surface area contributed by atoms with Crippen LogP contribution in [0.15, 0.2) is 30.7 Å². The second kappa shape index (κ2) is 3.05. The van der Waals surface area contributed by atoms with Crippen molar-refractivity contribution in [2.75, 3.05) is 0 Å². The van der Waals surface area contributed by atoms with Crippen LogP contribution in [0.1, 0.15) is 26.5 Å². The predicted octanol–water partition coefficient (Wildman–Crippen LogP) is 2.93. The lowest BCUT2D eigenvalue weighted by atomic mass is 9.89. The molecule has 2 rings (SSSR count). The highest BCUT2D eigenvalue weighted by Gasteiger charge is 2.17. The monoisotopic (exact) mass is 186 g/mol. The highest BCUT2D eigenvalue weighted by Crippen LogP contribution is 2.26. The Labute approximate surface area is 84.0 Å². The minimum Gasteiger partial charge on any atom is -0.264 e. The Morgan fingerprint density at radius 3 is 2.50 bits per heavy atom. The van der Waals surface area contributed by atoms with E-state index in [1.165, 1.54) is 5.39 Å². The highest BCUT2D eigenvalue weighted by atomic mass is 14.7. The predicted molar refractivity (Wildman–Crippen MR) is 58.2 cm³/mol. The second-order valence-electron chi connectivity index (χ2n) is 4.51. The third-order valence-corrected chi connectivity index (χ3v) is 2.28. The van der Waals surface area contributed by atoms with Gasteiger partial charge in [-0.3, -0.25) is 9.97 Å². The van der Waals surface area contributed by atoms with Gasteiger partial charge in [0.1, 0.15) is 0 Å². The Morgan fingerprint density at radius 1 is 1.07 bits per heavy atom. The summed E-state index contributed by atoms with van der Waals surface area (Å²) in [6.07, 6.45) is 5.57. The van der Waals surface area contributed by atoms with E-state index < -0.39 is 0 Å². The molecule has 2 heterocycles. The lowest BCUT2D eigenvalue weighted by Crippen LogP contribution is -2.13. The minimum absolute atomic E-state index is 0.0720. The number of pyridine rings is 2. The van der Waals surface area contributed by atoms with Gasteiger partial charge in [0.2, 0.25) is 0 Å². The van der Waals surface area contributed by atoms with Crippen LogP contribution >= 0.6 is 0 Å². The molecule has 0 saturated carbocycles. The Kier molecular flexibility index (Phi) is 1.99. The molecule has 2 heteroatoms. The van der Waals surface area contributed by atoms with Gasteiger partial charge in [-0.2, -0.15) is 0 Å². The number of hydrogen-bond acceptors (Lipinski definition) is 2. The summed E-state index contributed by atoms with van der Waals surface area (Å²) in [7, 11) is 0. The third kappa shape index (κ3) is 1.48. The summed E-state index contributed by atoms with van der Waals surface area (Å²) in [6, 6.07) is 4.04. The first-order valence-corrected chi connectivity index (χ1v) is 4.78. The van der Waals surface area contributed by atoms with Crippen molar-refractivity contribution in [3.63, 3.8) is 0 Å². The zero-order valence-electron chi connectivity index (χ0n) is 8.78. The first kappa shape index (κ1) is 9.13. The Bertz CT molecular complexity index is 450. The average molecular weight is 186 g/mol. The molecule has 72 valence electrons. The number of fused-ring (bicyclic) bond motifs is 1. The van der Waals surface area contributed by atoms with E-state index in [9.17, 15) is 0 Å². The molecule has 0 aliphatic heterocycles. The summed E-state index contributed by atoms with van der Waals surface area (Å²) in [5, 5.41) is 2.36. The fraction of sp³-hybridized carbons (Fsp3) is 0.333. The zero-order valence-corrected chi connectivity index (χ0v) is 8.78. The van der Waals surface area contributed by atoms with Crippen LogP contribution in [0.3, 0.4) is 0 Å². The van der Waals surface area contributed by atoms with Crippen molar-refractivity contribution in [1.82, 2.24) is 9.97 Å². The molecule has 2 nitrogen and oxygen atoms in total. The summed E-state index contributed by atoms with van der Waals surface area (Å²) in [4.78, 5) is 8.59. The third-order valence-electron chi connectivity index (χ3n) is 2.28. The number of nitrogens with zero attached hydrogens (tertiary/aromatic N) is 2. The SMILES string of the molecule is CC(C)(C)c1nccc2ccncc12. The maximum atomic E-state index is 4.44. The van der Waals surface area contributed by atoms with Crippen LogP contribution in [-0.4, -0.2) is 9.97 Å². The van der Waals surface area contributed by atoms with Crippen molar-refractivity contribution in [1.29, 1.82) is 0 Å². The minimum atomic E-state index is 0.0720. The van der Waals surface area contributed by atoms with E-state index in [0.717, 1.165) is 11.1 Å². The molecular formula is C12H14N2. The summed E-state index contributed by atoms with van der Waals surface area (Å²) < 4.78 is 0. The van der Waals surface area contributed by atoms with Gasteiger partial charge in [-0.05, 0) is 17.5 Å².